The Balaban J connectivity index is 2.17. The lowest BCUT2D eigenvalue weighted by molar-refractivity contribution is -0.104. The highest BCUT2D eigenvalue weighted by molar-refractivity contribution is 5.68. The van der Waals surface area contributed by atoms with Crippen LogP contribution >= 0.6 is 0 Å². The summed E-state index contributed by atoms with van der Waals surface area (Å²) in [6.07, 6.45) is 21.3. The van der Waals surface area contributed by atoms with Crippen molar-refractivity contribution in [3.8, 4) is 0 Å². The molecule has 0 aliphatic heterocycles. The Morgan fingerprint density at radius 1 is 0.960 bits per heavy atom. The van der Waals surface area contributed by atoms with Gasteiger partial charge in [0, 0.05) is 0 Å². The summed E-state index contributed by atoms with van der Waals surface area (Å²) in [4.78, 5) is 10.9. The van der Waals surface area contributed by atoms with E-state index in [0.29, 0.717) is 5.41 Å². The van der Waals surface area contributed by atoms with Crippen LogP contribution in [0.5, 0.6) is 0 Å². The first-order valence-corrected chi connectivity index (χ1v) is 9.84. The molecule has 0 saturated heterocycles. The maximum absolute atomic E-state index is 10.9. The van der Waals surface area contributed by atoms with Crippen LogP contribution in [0.3, 0.4) is 0 Å². The molecule has 0 radical (unpaired) electrons. The van der Waals surface area contributed by atoms with Crippen molar-refractivity contribution in [1.82, 2.24) is 0 Å². The second-order valence-corrected chi connectivity index (χ2v) is 8.26. The molecule has 0 aromatic carbocycles. The zero-order valence-electron chi connectivity index (χ0n) is 16.5. The van der Waals surface area contributed by atoms with E-state index < -0.39 is 0 Å². The Labute approximate surface area is 154 Å². The Hall–Kier alpha value is -1.63. The van der Waals surface area contributed by atoms with Crippen molar-refractivity contribution in [2.45, 2.75) is 79.1 Å². The third kappa shape index (κ3) is 5.70. The largest absolute Gasteiger partial charge is 0.299 e. The quantitative estimate of drug-likeness (QED) is 0.233. The molecule has 0 heterocycles. The molecule has 0 bridgehead atoms. The molecule has 0 atom stereocenters. The number of carbonyl (C=O) groups excluding carboxylic acids is 1. The molecule has 1 saturated carbocycles. The van der Waals surface area contributed by atoms with Crippen molar-refractivity contribution in [2.24, 2.45) is 5.41 Å². The summed E-state index contributed by atoms with van der Waals surface area (Å²) >= 11 is 0. The highest BCUT2D eigenvalue weighted by Crippen LogP contribution is 2.40. The fraction of sp³-hybridized carbons (Fsp3) is 0.542. The molecule has 2 rings (SSSR count). The predicted molar refractivity (Wildman–Crippen MR) is 109 cm³/mol. The number of aldehydes is 1. The van der Waals surface area contributed by atoms with Gasteiger partial charge in [-0.15, -0.1) is 0 Å². The van der Waals surface area contributed by atoms with Gasteiger partial charge in [-0.05, 0) is 87.0 Å². The minimum absolute atomic E-state index is 0.290. The van der Waals surface area contributed by atoms with Crippen LogP contribution in [-0.4, -0.2) is 6.29 Å². The molecule has 136 valence electrons. The van der Waals surface area contributed by atoms with Crippen LogP contribution in [-0.2, 0) is 4.79 Å². The first kappa shape index (κ1) is 19.7. The summed E-state index contributed by atoms with van der Waals surface area (Å²) in [5.41, 5.74) is 7.18. The molecular formula is C24H34O. The minimum Gasteiger partial charge on any atom is -0.299 e. The summed E-state index contributed by atoms with van der Waals surface area (Å²) in [5, 5.41) is 0. The Morgan fingerprint density at radius 3 is 2.28 bits per heavy atom. The molecule has 2 aliphatic rings. The van der Waals surface area contributed by atoms with E-state index in [1.165, 1.54) is 60.8 Å². The van der Waals surface area contributed by atoms with Gasteiger partial charge in [-0.25, -0.2) is 0 Å². The zero-order chi connectivity index (χ0) is 18.3. The summed E-state index contributed by atoms with van der Waals surface area (Å²) in [5.74, 6) is 0. The first-order chi connectivity index (χ1) is 11.9. The monoisotopic (exact) mass is 338 g/mol. The lowest BCUT2D eigenvalue weighted by atomic mass is 9.72. The summed E-state index contributed by atoms with van der Waals surface area (Å²) in [6.45, 7) is 9.17. The number of carbonyl (C=O) groups is 1. The van der Waals surface area contributed by atoms with Gasteiger partial charge in [0.1, 0.15) is 6.29 Å². The lowest BCUT2D eigenvalue weighted by Crippen LogP contribution is -2.19. The topological polar surface area (TPSA) is 17.1 Å². The SMILES string of the molecule is CC1=C(/C=C/C(C)=C\C=C2\CCCCC\C2=C\C=O)C(C)(C)CCC1. The Bertz CT molecular complexity index is 635. The molecule has 0 aromatic rings. The molecular weight excluding hydrogens is 304 g/mol. The number of hydrogen-bond donors (Lipinski definition) is 0. The van der Waals surface area contributed by atoms with Crippen LogP contribution in [0.2, 0.25) is 0 Å². The average Bonchev–Trinajstić information content (AvgIpc) is 2.77. The van der Waals surface area contributed by atoms with Crippen LogP contribution in [0, 0.1) is 5.41 Å². The highest BCUT2D eigenvalue weighted by Gasteiger charge is 2.26. The second kappa shape index (κ2) is 9.17. The molecule has 1 nitrogen and oxygen atoms in total. The van der Waals surface area contributed by atoms with Crippen molar-refractivity contribution >= 4 is 6.29 Å². The van der Waals surface area contributed by atoms with E-state index in [-0.39, 0.29) is 0 Å². The number of allylic oxidation sites excluding steroid dienone is 10. The van der Waals surface area contributed by atoms with Crippen LogP contribution < -0.4 is 0 Å². The van der Waals surface area contributed by atoms with Crippen molar-refractivity contribution in [3.63, 3.8) is 0 Å². The Kier molecular flexibility index (Phi) is 7.23. The molecule has 1 heteroatoms. The minimum atomic E-state index is 0.290. The van der Waals surface area contributed by atoms with Crippen LogP contribution in [0.1, 0.15) is 79.1 Å². The van der Waals surface area contributed by atoms with Gasteiger partial charge < -0.3 is 0 Å². The predicted octanol–water partition coefficient (Wildman–Crippen LogP) is 7.03. The van der Waals surface area contributed by atoms with E-state index in [2.05, 4.69) is 52.0 Å². The molecule has 0 amide bonds. The van der Waals surface area contributed by atoms with Crippen LogP contribution in [0.15, 0.2) is 58.2 Å². The van der Waals surface area contributed by atoms with E-state index in [9.17, 15) is 4.79 Å². The van der Waals surface area contributed by atoms with E-state index >= 15 is 0 Å². The van der Waals surface area contributed by atoms with Gasteiger partial charge in [0.15, 0.2) is 0 Å². The van der Waals surface area contributed by atoms with Gasteiger partial charge in [-0.2, -0.15) is 0 Å². The van der Waals surface area contributed by atoms with Gasteiger partial charge in [0.2, 0.25) is 0 Å². The fourth-order valence-electron chi connectivity index (χ4n) is 4.10. The number of rotatable bonds is 4. The summed E-state index contributed by atoms with van der Waals surface area (Å²) in [6, 6.07) is 0. The molecule has 0 unspecified atom stereocenters. The zero-order valence-corrected chi connectivity index (χ0v) is 16.5. The molecule has 2 aliphatic carbocycles. The summed E-state index contributed by atoms with van der Waals surface area (Å²) in [7, 11) is 0. The fourth-order valence-corrected chi connectivity index (χ4v) is 4.10. The van der Waals surface area contributed by atoms with Gasteiger partial charge in [0.25, 0.3) is 0 Å². The van der Waals surface area contributed by atoms with Crippen molar-refractivity contribution in [1.29, 1.82) is 0 Å². The third-order valence-corrected chi connectivity index (χ3v) is 5.68. The van der Waals surface area contributed by atoms with Crippen molar-refractivity contribution in [2.75, 3.05) is 0 Å². The maximum atomic E-state index is 10.9. The van der Waals surface area contributed by atoms with Crippen molar-refractivity contribution in [3.05, 3.63) is 58.2 Å². The van der Waals surface area contributed by atoms with E-state index in [0.717, 1.165) is 19.1 Å². The Morgan fingerprint density at radius 2 is 1.64 bits per heavy atom. The molecule has 0 N–H and O–H groups in total. The van der Waals surface area contributed by atoms with Crippen molar-refractivity contribution < 1.29 is 4.79 Å². The van der Waals surface area contributed by atoms with Gasteiger partial charge in [-0.3, -0.25) is 4.79 Å². The smallest absolute Gasteiger partial charge is 0.143 e. The molecule has 25 heavy (non-hydrogen) atoms. The van der Waals surface area contributed by atoms with E-state index in [1.54, 1.807) is 11.6 Å². The van der Waals surface area contributed by atoms with Gasteiger partial charge in [-0.1, -0.05) is 55.7 Å². The maximum Gasteiger partial charge on any atom is 0.143 e. The standard InChI is InChI=1S/C24H34O/c1-19(13-15-23-20(2)9-8-17-24(23,3)4)12-14-21-10-6-5-7-11-22(21)16-18-25/h12-16,18H,5-11,17H2,1-4H3/b15-13+,19-12-,21-14-,22-16-. The average molecular weight is 339 g/mol. The second-order valence-electron chi connectivity index (χ2n) is 8.26. The van der Waals surface area contributed by atoms with Crippen LogP contribution in [0.25, 0.3) is 0 Å². The normalized spacial score (nSPS) is 25.7. The van der Waals surface area contributed by atoms with Crippen LogP contribution in [0.4, 0.5) is 0 Å². The number of hydrogen-bond acceptors (Lipinski definition) is 1. The summed E-state index contributed by atoms with van der Waals surface area (Å²) < 4.78 is 0. The third-order valence-electron chi connectivity index (χ3n) is 5.68. The van der Waals surface area contributed by atoms with E-state index in [4.69, 9.17) is 0 Å². The lowest BCUT2D eigenvalue weighted by Gasteiger charge is -2.32. The molecule has 0 aromatic heterocycles. The van der Waals surface area contributed by atoms with Gasteiger partial charge in [0.05, 0.1) is 0 Å². The van der Waals surface area contributed by atoms with E-state index in [1.807, 2.05) is 0 Å². The first-order valence-electron chi connectivity index (χ1n) is 9.84. The molecule has 0 spiro atoms. The van der Waals surface area contributed by atoms with Gasteiger partial charge >= 0.3 is 0 Å². The highest BCUT2D eigenvalue weighted by atomic mass is 16.1. The molecule has 1 fully saturated rings.